The second-order valence-corrected chi connectivity index (χ2v) is 7.45. The highest BCUT2D eigenvalue weighted by Gasteiger charge is 2.33. The summed E-state index contributed by atoms with van der Waals surface area (Å²) < 4.78 is 5.93. The zero-order valence-electron chi connectivity index (χ0n) is 16.3. The summed E-state index contributed by atoms with van der Waals surface area (Å²) in [5, 5.41) is 6.24. The van der Waals surface area contributed by atoms with Crippen LogP contribution in [0.25, 0.3) is 0 Å². The third-order valence-corrected chi connectivity index (χ3v) is 5.32. The summed E-state index contributed by atoms with van der Waals surface area (Å²) in [6.45, 7) is 2.64. The van der Waals surface area contributed by atoms with Crippen LogP contribution in [-0.4, -0.2) is 18.2 Å². The van der Waals surface area contributed by atoms with Gasteiger partial charge >= 0.3 is 0 Å². The number of anilines is 1. The third-order valence-electron chi connectivity index (χ3n) is 5.32. The molecule has 1 saturated carbocycles. The molecule has 3 rings (SSSR count). The summed E-state index contributed by atoms with van der Waals surface area (Å²) in [4.78, 5) is 13.2. The molecule has 0 spiro atoms. The highest BCUT2D eigenvalue weighted by atomic mass is 16.5. The quantitative estimate of drug-likeness (QED) is 0.796. The first-order valence-corrected chi connectivity index (χ1v) is 10.3. The highest BCUT2D eigenvalue weighted by Crippen LogP contribution is 2.30. The first kappa shape index (κ1) is 19.5. The van der Waals surface area contributed by atoms with E-state index in [1.165, 1.54) is 19.3 Å². The Labute approximate surface area is 162 Å². The second-order valence-electron chi connectivity index (χ2n) is 7.45. The lowest BCUT2D eigenvalue weighted by atomic mass is 9.82. The first-order chi connectivity index (χ1) is 13.2. The molecule has 1 aliphatic carbocycles. The maximum absolute atomic E-state index is 13.2. The molecule has 2 N–H and O–H groups in total. The van der Waals surface area contributed by atoms with Gasteiger partial charge in [0.15, 0.2) is 5.78 Å². The molecule has 0 bridgehead atoms. The Morgan fingerprint density at radius 2 is 1.81 bits per heavy atom. The molecule has 1 aromatic carbocycles. The van der Waals surface area contributed by atoms with E-state index in [2.05, 4.69) is 12.0 Å². The Balaban J connectivity index is 1.82. The first-order valence-electron chi connectivity index (χ1n) is 10.3. The summed E-state index contributed by atoms with van der Waals surface area (Å²) in [6.07, 6.45) is 10.7. The topological polar surface area (TPSA) is 67.9 Å². The van der Waals surface area contributed by atoms with Crippen LogP contribution in [0.15, 0.2) is 47.4 Å². The van der Waals surface area contributed by atoms with Gasteiger partial charge in [-0.15, -0.1) is 0 Å². The van der Waals surface area contributed by atoms with Crippen molar-refractivity contribution < 1.29 is 9.53 Å². The number of ketones is 1. The smallest absolute Gasteiger partial charge is 0.212 e. The van der Waals surface area contributed by atoms with Crippen LogP contribution in [0.1, 0.15) is 58.3 Å². The maximum Gasteiger partial charge on any atom is 0.212 e. The van der Waals surface area contributed by atoms with Crippen molar-refractivity contribution in [1.29, 1.82) is 0 Å². The van der Waals surface area contributed by atoms with Crippen molar-refractivity contribution >= 4 is 17.3 Å². The van der Waals surface area contributed by atoms with Crippen LogP contribution in [0.2, 0.25) is 0 Å². The number of ether oxygens (including phenoxy) is 1. The van der Waals surface area contributed by atoms with Gasteiger partial charge in [-0.2, -0.15) is 10.1 Å². The molecule has 146 valence electrons. The Hall–Kier alpha value is -2.30. The average Bonchev–Trinajstić information content (AvgIpc) is 2.67. The number of amidine groups is 1. The zero-order chi connectivity index (χ0) is 19.1. The van der Waals surface area contributed by atoms with Crippen LogP contribution in [0.3, 0.4) is 0 Å². The molecule has 0 saturated heterocycles. The van der Waals surface area contributed by atoms with Gasteiger partial charge in [-0.25, -0.2) is 0 Å². The monoisotopic (exact) mass is 369 g/mol. The Morgan fingerprint density at radius 1 is 1.15 bits per heavy atom. The molecule has 2 aliphatic rings. The fraction of sp³-hybridized carbons (Fsp3) is 0.545. The van der Waals surface area contributed by atoms with Gasteiger partial charge in [0.05, 0.1) is 12.3 Å². The summed E-state index contributed by atoms with van der Waals surface area (Å²) in [5.41, 5.74) is 7.14. The van der Waals surface area contributed by atoms with Crippen LogP contribution >= 0.6 is 0 Å². The van der Waals surface area contributed by atoms with E-state index in [1.54, 1.807) is 5.01 Å². The van der Waals surface area contributed by atoms with Crippen LogP contribution < -0.4 is 10.7 Å². The third kappa shape index (κ3) is 4.90. The summed E-state index contributed by atoms with van der Waals surface area (Å²) in [5.74, 6) is 0.747. The number of benzene rings is 1. The minimum Gasteiger partial charge on any atom is -0.478 e. The Bertz CT molecular complexity index is 676. The van der Waals surface area contributed by atoms with Gasteiger partial charge in [0.25, 0.3) is 0 Å². The SMILES string of the molecule is CCCOC1=CC(C(=O)C2CCCCCCC2)C(N)=NN1c1ccccc1. The number of carbonyl (C=O) groups is 1. The van der Waals surface area contributed by atoms with Gasteiger partial charge in [-0.05, 0) is 37.5 Å². The number of carbonyl (C=O) groups excluding carboxylic acids is 1. The van der Waals surface area contributed by atoms with Crippen molar-refractivity contribution in [3.63, 3.8) is 0 Å². The van der Waals surface area contributed by atoms with Gasteiger partial charge in [-0.3, -0.25) is 4.79 Å². The number of hydrogen-bond acceptors (Lipinski definition) is 5. The number of hydrazone groups is 1. The van der Waals surface area contributed by atoms with Crippen molar-refractivity contribution in [3.8, 4) is 0 Å². The van der Waals surface area contributed by atoms with E-state index in [0.29, 0.717) is 18.3 Å². The van der Waals surface area contributed by atoms with Gasteiger partial charge in [0, 0.05) is 5.92 Å². The zero-order valence-corrected chi connectivity index (χ0v) is 16.3. The summed E-state index contributed by atoms with van der Waals surface area (Å²) in [7, 11) is 0. The van der Waals surface area contributed by atoms with Gasteiger partial charge in [-0.1, -0.05) is 57.2 Å². The van der Waals surface area contributed by atoms with Gasteiger partial charge < -0.3 is 10.5 Å². The van der Waals surface area contributed by atoms with Crippen LogP contribution in [-0.2, 0) is 9.53 Å². The van der Waals surface area contributed by atoms with E-state index < -0.39 is 5.92 Å². The molecular formula is C22H31N3O2. The van der Waals surface area contributed by atoms with E-state index in [4.69, 9.17) is 10.5 Å². The lowest BCUT2D eigenvalue weighted by molar-refractivity contribution is -0.124. The highest BCUT2D eigenvalue weighted by molar-refractivity contribution is 6.07. The molecule has 1 fully saturated rings. The normalized spacial score (nSPS) is 21.7. The van der Waals surface area contributed by atoms with E-state index >= 15 is 0 Å². The fourth-order valence-electron chi connectivity index (χ4n) is 3.82. The number of para-hydroxylation sites is 1. The van der Waals surface area contributed by atoms with E-state index in [1.807, 2.05) is 36.4 Å². The number of nitrogens with zero attached hydrogens (tertiary/aromatic N) is 2. The molecule has 0 amide bonds. The van der Waals surface area contributed by atoms with Crippen molar-refractivity contribution in [2.75, 3.05) is 11.6 Å². The van der Waals surface area contributed by atoms with Crippen molar-refractivity contribution in [2.24, 2.45) is 22.7 Å². The molecule has 1 aromatic rings. The standard InChI is InChI=1S/C22H31N3O2/c1-2-15-27-20-16-19(21(26)17-11-7-4-3-5-8-12-17)22(23)24-25(20)18-13-9-6-10-14-18/h6,9-10,13-14,16-17,19H,2-5,7-8,11-12,15H2,1H3,(H2,23,24). The number of hydrogen-bond donors (Lipinski definition) is 1. The molecule has 0 radical (unpaired) electrons. The summed E-state index contributed by atoms with van der Waals surface area (Å²) >= 11 is 0. The molecule has 1 heterocycles. The maximum atomic E-state index is 13.2. The Morgan fingerprint density at radius 3 is 2.48 bits per heavy atom. The predicted octanol–water partition coefficient (Wildman–Crippen LogP) is 4.59. The molecule has 1 unspecified atom stereocenters. The second kappa shape index (κ2) is 9.58. The predicted molar refractivity (Wildman–Crippen MR) is 109 cm³/mol. The molecular weight excluding hydrogens is 338 g/mol. The Kier molecular flexibility index (Phi) is 6.91. The summed E-state index contributed by atoms with van der Waals surface area (Å²) in [6, 6.07) is 9.76. The van der Waals surface area contributed by atoms with Gasteiger partial charge in [0.2, 0.25) is 5.88 Å². The molecule has 1 atom stereocenters. The minimum absolute atomic E-state index is 0.0796. The minimum atomic E-state index is -0.485. The van der Waals surface area contributed by atoms with Crippen LogP contribution in [0.4, 0.5) is 5.69 Å². The van der Waals surface area contributed by atoms with Crippen LogP contribution in [0.5, 0.6) is 0 Å². The van der Waals surface area contributed by atoms with E-state index in [9.17, 15) is 4.79 Å². The van der Waals surface area contributed by atoms with E-state index in [0.717, 1.165) is 37.8 Å². The number of nitrogens with two attached hydrogens (primary N) is 1. The molecule has 0 aromatic heterocycles. The largest absolute Gasteiger partial charge is 0.478 e. The van der Waals surface area contributed by atoms with E-state index in [-0.39, 0.29) is 11.7 Å². The molecule has 1 aliphatic heterocycles. The number of Topliss-reactive ketones (excluding diaryl/α,β-unsaturated/α-hetero) is 1. The van der Waals surface area contributed by atoms with Crippen molar-refractivity contribution in [2.45, 2.75) is 58.3 Å². The van der Waals surface area contributed by atoms with Crippen molar-refractivity contribution in [3.05, 3.63) is 42.3 Å². The van der Waals surface area contributed by atoms with Crippen molar-refractivity contribution in [1.82, 2.24) is 0 Å². The van der Waals surface area contributed by atoms with Gasteiger partial charge in [0.1, 0.15) is 11.8 Å². The molecule has 27 heavy (non-hydrogen) atoms. The molecule has 5 nitrogen and oxygen atoms in total. The lowest BCUT2D eigenvalue weighted by Crippen LogP contribution is -2.40. The number of rotatable bonds is 6. The lowest BCUT2D eigenvalue weighted by Gasteiger charge is -2.30. The fourth-order valence-corrected chi connectivity index (χ4v) is 3.82. The average molecular weight is 370 g/mol. The molecule has 5 heteroatoms. The van der Waals surface area contributed by atoms with Crippen LogP contribution in [0, 0.1) is 11.8 Å².